The lowest BCUT2D eigenvalue weighted by atomic mass is 10.1. The third-order valence-corrected chi connectivity index (χ3v) is 5.80. The molecule has 0 radical (unpaired) electrons. The van der Waals surface area contributed by atoms with Crippen LogP contribution in [0.3, 0.4) is 0 Å². The average Bonchev–Trinajstić information content (AvgIpc) is 2.57. The SMILES string of the molecule is Cc1ccc(S(=O)(=O)Nc2ccc(C)c(N3CCCCC3=O)c2)cc1. The number of piperidine rings is 1. The van der Waals surface area contributed by atoms with Crippen LogP contribution in [0.1, 0.15) is 30.4 Å². The Morgan fingerprint density at radius 3 is 2.40 bits per heavy atom. The summed E-state index contributed by atoms with van der Waals surface area (Å²) in [6, 6.07) is 12.0. The maximum atomic E-state index is 12.6. The van der Waals surface area contributed by atoms with Gasteiger partial charge in [0.25, 0.3) is 10.0 Å². The van der Waals surface area contributed by atoms with Gasteiger partial charge in [-0.25, -0.2) is 8.42 Å². The zero-order chi connectivity index (χ0) is 18.0. The lowest BCUT2D eigenvalue weighted by Gasteiger charge is -2.28. The van der Waals surface area contributed by atoms with Crippen LogP contribution in [0.2, 0.25) is 0 Å². The summed E-state index contributed by atoms with van der Waals surface area (Å²) >= 11 is 0. The van der Waals surface area contributed by atoms with Crippen molar-refractivity contribution in [3.63, 3.8) is 0 Å². The third kappa shape index (κ3) is 3.85. The summed E-state index contributed by atoms with van der Waals surface area (Å²) in [6.07, 6.45) is 2.41. The molecule has 1 aliphatic heterocycles. The molecule has 0 atom stereocenters. The van der Waals surface area contributed by atoms with Gasteiger partial charge >= 0.3 is 0 Å². The molecule has 0 aromatic heterocycles. The first-order chi connectivity index (χ1) is 11.9. The molecule has 132 valence electrons. The van der Waals surface area contributed by atoms with Gasteiger partial charge in [-0.1, -0.05) is 23.8 Å². The van der Waals surface area contributed by atoms with Crippen molar-refractivity contribution in [1.82, 2.24) is 0 Å². The van der Waals surface area contributed by atoms with Crippen LogP contribution in [0.15, 0.2) is 47.4 Å². The van der Waals surface area contributed by atoms with Crippen molar-refractivity contribution < 1.29 is 13.2 Å². The molecule has 0 aliphatic carbocycles. The Morgan fingerprint density at radius 1 is 1.00 bits per heavy atom. The maximum Gasteiger partial charge on any atom is 0.261 e. The van der Waals surface area contributed by atoms with Gasteiger partial charge in [0, 0.05) is 18.7 Å². The van der Waals surface area contributed by atoms with Crippen molar-refractivity contribution in [2.75, 3.05) is 16.2 Å². The fourth-order valence-corrected chi connectivity index (χ4v) is 4.01. The summed E-state index contributed by atoms with van der Waals surface area (Å²) in [4.78, 5) is 14.2. The minimum absolute atomic E-state index is 0.0906. The van der Waals surface area contributed by atoms with E-state index in [1.54, 1.807) is 41.3 Å². The number of aryl methyl sites for hydroxylation is 2. The molecule has 1 fully saturated rings. The van der Waals surface area contributed by atoms with Crippen LogP contribution in [-0.4, -0.2) is 20.9 Å². The van der Waals surface area contributed by atoms with Gasteiger partial charge < -0.3 is 4.90 Å². The molecule has 1 aliphatic rings. The van der Waals surface area contributed by atoms with E-state index in [4.69, 9.17) is 0 Å². The van der Waals surface area contributed by atoms with Crippen LogP contribution >= 0.6 is 0 Å². The minimum atomic E-state index is -3.66. The fraction of sp³-hybridized carbons (Fsp3) is 0.316. The van der Waals surface area contributed by atoms with Gasteiger partial charge in [-0.15, -0.1) is 0 Å². The molecule has 2 aromatic carbocycles. The largest absolute Gasteiger partial charge is 0.312 e. The second-order valence-electron chi connectivity index (χ2n) is 6.42. The predicted molar refractivity (Wildman–Crippen MR) is 99.4 cm³/mol. The van der Waals surface area contributed by atoms with Crippen LogP contribution in [0.4, 0.5) is 11.4 Å². The van der Waals surface area contributed by atoms with Crippen molar-refractivity contribution in [3.8, 4) is 0 Å². The molecule has 6 heteroatoms. The molecule has 1 saturated heterocycles. The van der Waals surface area contributed by atoms with Crippen molar-refractivity contribution in [1.29, 1.82) is 0 Å². The molecule has 3 rings (SSSR count). The van der Waals surface area contributed by atoms with E-state index in [1.807, 2.05) is 19.9 Å². The number of benzene rings is 2. The predicted octanol–water partition coefficient (Wildman–Crippen LogP) is 3.62. The summed E-state index contributed by atoms with van der Waals surface area (Å²) < 4.78 is 27.7. The Kier molecular flexibility index (Phi) is 4.81. The highest BCUT2D eigenvalue weighted by Crippen LogP contribution is 2.28. The number of sulfonamides is 1. The second-order valence-corrected chi connectivity index (χ2v) is 8.10. The maximum absolute atomic E-state index is 12.6. The number of rotatable bonds is 4. The van der Waals surface area contributed by atoms with E-state index in [2.05, 4.69) is 4.72 Å². The van der Waals surface area contributed by atoms with Crippen LogP contribution < -0.4 is 9.62 Å². The highest BCUT2D eigenvalue weighted by Gasteiger charge is 2.22. The number of hydrogen-bond acceptors (Lipinski definition) is 3. The lowest BCUT2D eigenvalue weighted by molar-refractivity contribution is -0.119. The van der Waals surface area contributed by atoms with Crippen LogP contribution in [0.25, 0.3) is 0 Å². The van der Waals surface area contributed by atoms with Gasteiger partial charge in [0.2, 0.25) is 5.91 Å². The van der Waals surface area contributed by atoms with Crippen molar-refractivity contribution in [3.05, 3.63) is 53.6 Å². The first kappa shape index (κ1) is 17.5. The Bertz CT molecular complexity index is 889. The number of anilines is 2. The van der Waals surface area contributed by atoms with Crippen LogP contribution in [0, 0.1) is 13.8 Å². The Morgan fingerprint density at radius 2 is 1.72 bits per heavy atom. The summed E-state index contributed by atoms with van der Waals surface area (Å²) in [5.74, 6) is 0.0906. The summed E-state index contributed by atoms with van der Waals surface area (Å²) in [5, 5.41) is 0. The highest BCUT2D eigenvalue weighted by atomic mass is 32.2. The first-order valence-electron chi connectivity index (χ1n) is 8.37. The molecule has 0 bridgehead atoms. The zero-order valence-corrected chi connectivity index (χ0v) is 15.3. The number of amides is 1. The highest BCUT2D eigenvalue weighted by molar-refractivity contribution is 7.92. The zero-order valence-electron chi connectivity index (χ0n) is 14.5. The topological polar surface area (TPSA) is 66.5 Å². The quantitative estimate of drug-likeness (QED) is 0.908. The van der Waals surface area contributed by atoms with Crippen molar-refractivity contribution >= 4 is 27.3 Å². The van der Waals surface area contributed by atoms with Crippen LogP contribution in [0.5, 0.6) is 0 Å². The van der Waals surface area contributed by atoms with E-state index in [0.29, 0.717) is 18.7 Å². The third-order valence-electron chi connectivity index (χ3n) is 4.41. The van der Waals surface area contributed by atoms with Gasteiger partial charge in [-0.2, -0.15) is 0 Å². The fourth-order valence-electron chi connectivity index (χ4n) is 2.96. The molecule has 0 saturated carbocycles. The summed E-state index contributed by atoms with van der Waals surface area (Å²) in [5.41, 5.74) is 3.18. The van der Waals surface area contributed by atoms with E-state index < -0.39 is 10.0 Å². The number of carbonyl (C=O) groups excluding carboxylic acids is 1. The number of nitrogens with one attached hydrogen (secondary N) is 1. The minimum Gasteiger partial charge on any atom is -0.312 e. The van der Waals surface area contributed by atoms with Crippen LogP contribution in [-0.2, 0) is 14.8 Å². The van der Waals surface area contributed by atoms with E-state index >= 15 is 0 Å². The molecule has 2 aromatic rings. The van der Waals surface area contributed by atoms with Crippen molar-refractivity contribution in [2.24, 2.45) is 0 Å². The van der Waals surface area contributed by atoms with Gasteiger partial charge in [0.05, 0.1) is 10.6 Å². The summed E-state index contributed by atoms with van der Waals surface area (Å²) in [6.45, 7) is 4.51. The number of hydrogen-bond donors (Lipinski definition) is 1. The standard InChI is InChI=1S/C19H22N2O3S/c1-14-6-10-17(11-7-14)25(23,24)20-16-9-8-15(2)18(13-16)21-12-4-3-5-19(21)22/h6-11,13,20H,3-5,12H2,1-2H3. The van der Waals surface area contributed by atoms with E-state index in [9.17, 15) is 13.2 Å². The molecule has 1 amide bonds. The molecular formula is C19H22N2O3S. The second kappa shape index (κ2) is 6.88. The average molecular weight is 358 g/mol. The van der Waals surface area contributed by atoms with Gasteiger partial charge in [0.1, 0.15) is 0 Å². The van der Waals surface area contributed by atoms with E-state index in [0.717, 1.165) is 29.7 Å². The first-order valence-corrected chi connectivity index (χ1v) is 9.86. The molecule has 0 spiro atoms. The Balaban J connectivity index is 1.89. The van der Waals surface area contributed by atoms with Gasteiger partial charge in [0.15, 0.2) is 0 Å². The molecule has 5 nitrogen and oxygen atoms in total. The normalized spacial score (nSPS) is 15.3. The molecule has 25 heavy (non-hydrogen) atoms. The number of carbonyl (C=O) groups is 1. The van der Waals surface area contributed by atoms with Gasteiger partial charge in [-0.05, 0) is 56.5 Å². The molecular weight excluding hydrogens is 336 g/mol. The van der Waals surface area contributed by atoms with Gasteiger partial charge in [-0.3, -0.25) is 9.52 Å². The van der Waals surface area contributed by atoms with E-state index in [-0.39, 0.29) is 10.8 Å². The molecule has 1 N–H and O–H groups in total. The smallest absolute Gasteiger partial charge is 0.261 e. The molecule has 0 unspecified atom stereocenters. The Hall–Kier alpha value is -2.34. The van der Waals surface area contributed by atoms with Crippen molar-refractivity contribution in [2.45, 2.75) is 38.0 Å². The Labute approximate surface area is 148 Å². The number of nitrogens with zero attached hydrogens (tertiary/aromatic N) is 1. The summed E-state index contributed by atoms with van der Waals surface area (Å²) in [7, 11) is -3.66. The monoisotopic (exact) mass is 358 g/mol. The van der Waals surface area contributed by atoms with E-state index in [1.165, 1.54) is 0 Å². The lowest BCUT2D eigenvalue weighted by Crippen LogP contribution is -2.35. The molecule has 1 heterocycles.